The van der Waals surface area contributed by atoms with E-state index in [1.807, 2.05) is 0 Å². The van der Waals surface area contributed by atoms with Gasteiger partial charge in [0.15, 0.2) is 5.58 Å². The van der Waals surface area contributed by atoms with Crippen LogP contribution < -0.4 is 4.90 Å². The highest BCUT2D eigenvalue weighted by atomic mass is 16.3. The molecule has 0 bridgehead atoms. The van der Waals surface area contributed by atoms with Crippen molar-refractivity contribution in [3.8, 4) is 44.5 Å². The fraction of sp³-hybridized carbons (Fsp3) is 0.0588. The molecule has 328 valence electrons. The van der Waals surface area contributed by atoms with E-state index in [4.69, 9.17) is 4.42 Å². The predicted octanol–water partition coefficient (Wildman–Crippen LogP) is 17.7. The Bertz CT molecular complexity index is 3960. The van der Waals surface area contributed by atoms with Crippen molar-refractivity contribution in [2.75, 3.05) is 4.90 Å². The zero-order valence-electron chi connectivity index (χ0n) is 38.4. The Labute approximate surface area is 407 Å². The smallest absolute Gasteiger partial charge is 0.160 e. The Hall–Kier alpha value is -8.72. The molecule has 4 aliphatic rings. The van der Waals surface area contributed by atoms with Crippen molar-refractivity contribution in [2.45, 2.75) is 23.7 Å². The summed E-state index contributed by atoms with van der Waals surface area (Å²) < 4.78 is 7.37. The first-order chi connectivity index (χ1) is 34.8. The topological polar surface area (TPSA) is 16.4 Å². The van der Waals surface area contributed by atoms with Gasteiger partial charge in [0.1, 0.15) is 5.58 Å². The maximum absolute atomic E-state index is 7.37. The second-order valence-electron chi connectivity index (χ2n) is 19.3. The summed E-state index contributed by atoms with van der Waals surface area (Å²) in [6.07, 6.45) is 9.29. The first-order valence-electron chi connectivity index (χ1n) is 24.7. The highest BCUT2D eigenvalue weighted by Crippen LogP contribution is 2.66. The van der Waals surface area contributed by atoms with Crippen molar-refractivity contribution in [1.82, 2.24) is 0 Å². The molecular formula is C68H45NO. The molecule has 0 N–H and O–H groups in total. The van der Waals surface area contributed by atoms with Crippen LogP contribution in [0.5, 0.6) is 0 Å². The number of para-hydroxylation sites is 1. The molecule has 0 aliphatic heterocycles. The Morgan fingerprint density at radius 1 is 0.400 bits per heavy atom. The number of fused-ring (bicyclic) bond motifs is 17. The van der Waals surface area contributed by atoms with Gasteiger partial charge in [-0.1, -0.05) is 218 Å². The van der Waals surface area contributed by atoms with Crippen molar-refractivity contribution in [2.24, 2.45) is 0 Å². The third-order valence-electron chi connectivity index (χ3n) is 16.0. The summed E-state index contributed by atoms with van der Waals surface area (Å²) in [6.45, 7) is 0. The zero-order chi connectivity index (χ0) is 46.0. The first-order valence-corrected chi connectivity index (χ1v) is 24.7. The normalized spacial score (nSPS) is 16.4. The number of hydrogen-bond donors (Lipinski definition) is 0. The third kappa shape index (κ3) is 5.12. The zero-order valence-corrected chi connectivity index (χ0v) is 38.4. The molecule has 15 rings (SSSR count). The molecule has 10 aromatic carbocycles. The van der Waals surface area contributed by atoms with E-state index in [9.17, 15) is 0 Å². The predicted molar refractivity (Wildman–Crippen MR) is 288 cm³/mol. The van der Waals surface area contributed by atoms with Gasteiger partial charge in [0.2, 0.25) is 0 Å². The summed E-state index contributed by atoms with van der Waals surface area (Å²) in [7, 11) is 0. The molecule has 0 radical (unpaired) electrons. The summed E-state index contributed by atoms with van der Waals surface area (Å²) in [5.74, 6) is 0. The lowest BCUT2D eigenvalue weighted by atomic mass is 9.66. The fourth-order valence-corrected chi connectivity index (χ4v) is 13.3. The summed E-state index contributed by atoms with van der Waals surface area (Å²) in [4.78, 5) is 2.53. The van der Waals surface area contributed by atoms with Gasteiger partial charge in [0.05, 0.1) is 22.2 Å². The fourth-order valence-electron chi connectivity index (χ4n) is 13.3. The van der Waals surface area contributed by atoms with Gasteiger partial charge in [-0.2, -0.15) is 0 Å². The van der Waals surface area contributed by atoms with Crippen LogP contribution in [0.25, 0.3) is 66.4 Å². The van der Waals surface area contributed by atoms with Crippen LogP contribution in [-0.4, -0.2) is 0 Å². The lowest BCUT2D eigenvalue weighted by molar-refractivity contribution is 0.668. The average molecular weight is 892 g/mol. The molecule has 1 heterocycles. The van der Waals surface area contributed by atoms with Crippen LogP contribution in [0.3, 0.4) is 0 Å². The lowest BCUT2D eigenvalue weighted by Gasteiger charge is -2.36. The number of anilines is 3. The van der Waals surface area contributed by atoms with E-state index >= 15 is 0 Å². The van der Waals surface area contributed by atoms with Crippen LogP contribution in [0.2, 0.25) is 0 Å². The van der Waals surface area contributed by atoms with Crippen molar-refractivity contribution in [3.05, 3.63) is 293 Å². The Morgan fingerprint density at radius 2 is 0.957 bits per heavy atom. The van der Waals surface area contributed by atoms with E-state index in [0.29, 0.717) is 0 Å². The van der Waals surface area contributed by atoms with E-state index in [0.717, 1.165) is 51.8 Å². The van der Waals surface area contributed by atoms with E-state index in [2.05, 4.69) is 254 Å². The van der Waals surface area contributed by atoms with E-state index < -0.39 is 10.8 Å². The minimum atomic E-state index is -0.573. The van der Waals surface area contributed by atoms with Crippen molar-refractivity contribution in [3.63, 3.8) is 0 Å². The minimum absolute atomic E-state index is 0.529. The SMILES string of the molecule is C1=CC(C2(c3ccccc3)c3ccccc3-c3c(N(c4ccc(-c5ccccc5)cc4)c4cc5c(c6c4oc4ccccc46)-c4ccccc4C54c5ccccc5-c5ccccc54)cccc32)=CCC1. The molecule has 1 spiro atoms. The maximum atomic E-state index is 7.37. The molecule has 0 saturated carbocycles. The molecule has 1 atom stereocenters. The number of hydrogen-bond acceptors (Lipinski definition) is 2. The molecule has 4 aliphatic carbocycles. The van der Waals surface area contributed by atoms with Gasteiger partial charge in [0.25, 0.3) is 0 Å². The van der Waals surface area contributed by atoms with Crippen LogP contribution in [0, 0.1) is 0 Å². The second kappa shape index (κ2) is 14.9. The molecule has 2 heteroatoms. The van der Waals surface area contributed by atoms with Crippen molar-refractivity contribution in [1.29, 1.82) is 0 Å². The average Bonchev–Trinajstić information content (AvgIpc) is 4.15. The van der Waals surface area contributed by atoms with Gasteiger partial charge in [-0.15, -0.1) is 0 Å². The number of nitrogens with zero attached hydrogens (tertiary/aromatic N) is 1. The second-order valence-corrected chi connectivity index (χ2v) is 19.3. The molecule has 2 nitrogen and oxygen atoms in total. The van der Waals surface area contributed by atoms with Crippen LogP contribution in [-0.2, 0) is 10.8 Å². The lowest BCUT2D eigenvalue weighted by Crippen LogP contribution is -2.29. The molecule has 11 aromatic rings. The van der Waals surface area contributed by atoms with Crippen LogP contribution >= 0.6 is 0 Å². The summed E-state index contributed by atoms with van der Waals surface area (Å²) >= 11 is 0. The molecule has 70 heavy (non-hydrogen) atoms. The molecule has 1 unspecified atom stereocenters. The van der Waals surface area contributed by atoms with E-state index in [-0.39, 0.29) is 0 Å². The number of rotatable bonds is 6. The maximum Gasteiger partial charge on any atom is 0.160 e. The van der Waals surface area contributed by atoms with Gasteiger partial charge in [-0.3, -0.25) is 0 Å². The molecule has 1 aromatic heterocycles. The van der Waals surface area contributed by atoms with Gasteiger partial charge >= 0.3 is 0 Å². The molecular weight excluding hydrogens is 847 g/mol. The van der Waals surface area contributed by atoms with Gasteiger partial charge < -0.3 is 9.32 Å². The molecule has 0 saturated heterocycles. The quantitative estimate of drug-likeness (QED) is 0.165. The van der Waals surface area contributed by atoms with Crippen LogP contribution in [0.15, 0.2) is 259 Å². The van der Waals surface area contributed by atoms with E-state index in [1.165, 1.54) is 89.0 Å². The van der Waals surface area contributed by atoms with E-state index in [1.54, 1.807) is 0 Å². The minimum Gasteiger partial charge on any atom is -0.454 e. The summed E-state index contributed by atoms with van der Waals surface area (Å²) in [5, 5.41) is 2.26. The van der Waals surface area contributed by atoms with Gasteiger partial charge in [-0.05, 0) is 127 Å². The number of allylic oxidation sites excluding steroid dienone is 4. The van der Waals surface area contributed by atoms with Crippen molar-refractivity contribution < 1.29 is 4.42 Å². The van der Waals surface area contributed by atoms with Crippen LogP contribution in [0.4, 0.5) is 17.1 Å². The standard InChI is InChI=1S/C68H45NO/c1-4-21-44(22-5-1)45-39-41-48(42-40-45)69(60-37-20-36-58-63(60)51-29-12-17-34-56(51)67(58,46-23-6-2-7-24-46)47-25-8-3-9-26-47)61-43-59-64(65-53-31-14-19-38-62(53)70-66(61)65)52-30-13-18-35-57(52)68(59)54-32-15-10-27-49(54)50-28-11-16-33-55(50)68/h1-2,4-8,10-43H,3,9H2. The third-order valence-corrected chi connectivity index (χ3v) is 16.0. The van der Waals surface area contributed by atoms with Crippen LogP contribution in [0.1, 0.15) is 51.8 Å². The number of benzene rings is 10. The summed E-state index contributed by atoms with van der Waals surface area (Å²) in [6, 6.07) is 85.8. The Balaban J connectivity index is 1.10. The highest BCUT2D eigenvalue weighted by molar-refractivity contribution is 6.20. The van der Waals surface area contributed by atoms with Crippen molar-refractivity contribution >= 4 is 39.0 Å². The van der Waals surface area contributed by atoms with Gasteiger partial charge in [0, 0.05) is 22.0 Å². The number of furan rings is 1. The highest BCUT2D eigenvalue weighted by Gasteiger charge is 2.53. The van der Waals surface area contributed by atoms with Gasteiger partial charge in [-0.25, -0.2) is 0 Å². The Morgan fingerprint density at radius 3 is 1.64 bits per heavy atom. The molecule has 0 fully saturated rings. The Kier molecular flexibility index (Phi) is 8.36. The summed E-state index contributed by atoms with van der Waals surface area (Å²) in [5.41, 5.74) is 24.1. The molecule has 0 amide bonds. The monoisotopic (exact) mass is 891 g/mol. The largest absolute Gasteiger partial charge is 0.454 e. The first kappa shape index (κ1) is 39.3.